The van der Waals surface area contributed by atoms with Crippen molar-refractivity contribution in [2.75, 3.05) is 37.7 Å². The SMILES string of the molecule is CCOC(=O)c1cnc2c(C)ccc(Cl)c2c1N1CCNCC1. The van der Waals surface area contributed by atoms with Crippen LogP contribution >= 0.6 is 11.6 Å². The average molecular weight is 334 g/mol. The Hall–Kier alpha value is -1.85. The smallest absolute Gasteiger partial charge is 0.341 e. The van der Waals surface area contributed by atoms with Crippen molar-refractivity contribution in [3.63, 3.8) is 0 Å². The summed E-state index contributed by atoms with van der Waals surface area (Å²) in [6.07, 6.45) is 1.61. The highest BCUT2D eigenvalue weighted by molar-refractivity contribution is 6.37. The second-order valence-electron chi connectivity index (χ2n) is 5.57. The van der Waals surface area contributed by atoms with E-state index in [0.29, 0.717) is 17.2 Å². The molecule has 1 aliphatic rings. The first-order valence-corrected chi connectivity index (χ1v) is 8.22. The van der Waals surface area contributed by atoms with Gasteiger partial charge in [-0.3, -0.25) is 4.98 Å². The number of hydrogen-bond acceptors (Lipinski definition) is 5. The molecule has 3 rings (SSSR count). The molecule has 1 saturated heterocycles. The second kappa shape index (κ2) is 6.72. The minimum atomic E-state index is -0.354. The maximum absolute atomic E-state index is 12.4. The molecule has 0 spiro atoms. The molecular formula is C17H20ClN3O2. The maximum Gasteiger partial charge on any atom is 0.341 e. The summed E-state index contributed by atoms with van der Waals surface area (Å²) in [6.45, 7) is 7.50. The Labute approximate surface area is 140 Å². The quantitative estimate of drug-likeness (QED) is 0.875. The lowest BCUT2D eigenvalue weighted by Gasteiger charge is -2.32. The van der Waals surface area contributed by atoms with E-state index in [-0.39, 0.29) is 5.97 Å². The van der Waals surface area contributed by atoms with E-state index >= 15 is 0 Å². The number of nitrogens with one attached hydrogen (secondary N) is 1. The normalized spacial score (nSPS) is 15.0. The van der Waals surface area contributed by atoms with Gasteiger partial charge < -0.3 is 15.0 Å². The minimum absolute atomic E-state index is 0.333. The number of halogens is 1. The molecule has 0 unspecified atom stereocenters. The molecule has 0 bridgehead atoms. The zero-order valence-electron chi connectivity index (χ0n) is 13.4. The number of ether oxygens (including phenoxy) is 1. The van der Waals surface area contributed by atoms with Gasteiger partial charge in [-0.15, -0.1) is 0 Å². The number of nitrogens with zero attached hydrogens (tertiary/aromatic N) is 2. The van der Waals surface area contributed by atoms with Crippen LogP contribution in [0.3, 0.4) is 0 Å². The van der Waals surface area contributed by atoms with E-state index in [9.17, 15) is 4.79 Å². The van der Waals surface area contributed by atoms with E-state index < -0.39 is 0 Å². The Kier molecular flexibility index (Phi) is 4.68. The molecule has 2 aromatic rings. The number of aryl methyl sites for hydroxylation is 1. The lowest BCUT2D eigenvalue weighted by molar-refractivity contribution is 0.0526. The molecular weight excluding hydrogens is 314 g/mol. The number of aromatic nitrogens is 1. The first-order valence-electron chi connectivity index (χ1n) is 7.84. The highest BCUT2D eigenvalue weighted by Crippen LogP contribution is 2.36. The van der Waals surface area contributed by atoms with Gasteiger partial charge in [0.05, 0.1) is 22.8 Å². The lowest BCUT2D eigenvalue weighted by atomic mass is 10.0. The monoisotopic (exact) mass is 333 g/mol. The number of benzene rings is 1. The summed E-state index contributed by atoms with van der Waals surface area (Å²) in [5.41, 5.74) is 3.19. The van der Waals surface area contributed by atoms with Gasteiger partial charge in [0, 0.05) is 37.8 Å². The van der Waals surface area contributed by atoms with Gasteiger partial charge in [-0.05, 0) is 25.5 Å². The topological polar surface area (TPSA) is 54.5 Å². The van der Waals surface area contributed by atoms with E-state index in [2.05, 4.69) is 15.2 Å². The molecule has 23 heavy (non-hydrogen) atoms. The Morgan fingerprint density at radius 1 is 1.39 bits per heavy atom. The summed E-state index contributed by atoms with van der Waals surface area (Å²) < 4.78 is 5.21. The number of esters is 1. The summed E-state index contributed by atoms with van der Waals surface area (Å²) in [5.74, 6) is -0.354. The van der Waals surface area contributed by atoms with Gasteiger partial charge in [-0.1, -0.05) is 17.7 Å². The molecule has 1 N–H and O–H groups in total. The van der Waals surface area contributed by atoms with Crippen LogP contribution in [-0.4, -0.2) is 43.7 Å². The Morgan fingerprint density at radius 2 is 2.13 bits per heavy atom. The van der Waals surface area contributed by atoms with Crippen LogP contribution in [-0.2, 0) is 4.74 Å². The molecule has 0 amide bonds. The molecule has 1 aromatic carbocycles. The van der Waals surface area contributed by atoms with Gasteiger partial charge in [-0.2, -0.15) is 0 Å². The van der Waals surface area contributed by atoms with Crippen LogP contribution < -0.4 is 10.2 Å². The number of hydrogen-bond donors (Lipinski definition) is 1. The third-order valence-electron chi connectivity index (χ3n) is 4.07. The van der Waals surface area contributed by atoms with E-state index in [1.165, 1.54) is 0 Å². The molecule has 1 aliphatic heterocycles. The standard InChI is InChI=1S/C17H20ClN3O2/c1-3-23-17(22)12-10-20-15-11(2)4-5-13(18)14(15)16(12)21-8-6-19-7-9-21/h4-5,10,19H,3,6-9H2,1-2H3. The highest BCUT2D eigenvalue weighted by atomic mass is 35.5. The zero-order chi connectivity index (χ0) is 16.4. The number of carbonyl (C=O) groups excluding carboxylic acids is 1. The van der Waals surface area contributed by atoms with E-state index in [4.69, 9.17) is 16.3 Å². The van der Waals surface area contributed by atoms with E-state index in [1.54, 1.807) is 13.1 Å². The second-order valence-corrected chi connectivity index (χ2v) is 5.97. The van der Waals surface area contributed by atoms with Crippen molar-refractivity contribution < 1.29 is 9.53 Å². The van der Waals surface area contributed by atoms with Crippen LogP contribution in [0.15, 0.2) is 18.3 Å². The van der Waals surface area contributed by atoms with Gasteiger partial charge in [0.2, 0.25) is 0 Å². The largest absolute Gasteiger partial charge is 0.462 e. The van der Waals surface area contributed by atoms with E-state index in [0.717, 1.165) is 48.3 Å². The summed E-state index contributed by atoms with van der Waals surface area (Å²) >= 11 is 6.47. The van der Waals surface area contributed by atoms with Crippen molar-refractivity contribution in [3.05, 3.63) is 34.5 Å². The van der Waals surface area contributed by atoms with Crippen molar-refractivity contribution >= 4 is 34.2 Å². The van der Waals surface area contributed by atoms with Gasteiger partial charge in [-0.25, -0.2) is 4.79 Å². The maximum atomic E-state index is 12.4. The molecule has 6 heteroatoms. The van der Waals surface area contributed by atoms with Crippen molar-refractivity contribution in [2.45, 2.75) is 13.8 Å². The molecule has 0 aliphatic carbocycles. The fourth-order valence-corrected chi connectivity index (χ4v) is 3.20. The van der Waals surface area contributed by atoms with Gasteiger partial charge in [0.15, 0.2) is 0 Å². The molecule has 122 valence electrons. The van der Waals surface area contributed by atoms with Crippen LogP contribution in [0.4, 0.5) is 5.69 Å². The first-order chi connectivity index (χ1) is 11.1. The fourth-order valence-electron chi connectivity index (χ4n) is 2.96. The average Bonchev–Trinajstić information content (AvgIpc) is 2.58. The van der Waals surface area contributed by atoms with Crippen molar-refractivity contribution in [1.29, 1.82) is 0 Å². The van der Waals surface area contributed by atoms with Crippen LogP contribution in [0.25, 0.3) is 10.9 Å². The molecule has 1 aromatic heterocycles. The number of fused-ring (bicyclic) bond motifs is 1. The minimum Gasteiger partial charge on any atom is -0.462 e. The Balaban J connectivity index is 2.26. The fraction of sp³-hybridized carbons (Fsp3) is 0.412. The molecule has 0 radical (unpaired) electrons. The van der Waals surface area contributed by atoms with Gasteiger partial charge in [0.1, 0.15) is 5.56 Å². The third-order valence-corrected chi connectivity index (χ3v) is 4.39. The molecule has 2 heterocycles. The number of anilines is 1. The van der Waals surface area contributed by atoms with Crippen LogP contribution in [0.5, 0.6) is 0 Å². The summed E-state index contributed by atoms with van der Waals surface area (Å²) in [6, 6.07) is 3.81. The van der Waals surface area contributed by atoms with Crippen molar-refractivity contribution in [2.24, 2.45) is 0 Å². The van der Waals surface area contributed by atoms with Crippen molar-refractivity contribution in [1.82, 2.24) is 10.3 Å². The first kappa shape index (κ1) is 16.0. The Morgan fingerprint density at radius 3 is 2.83 bits per heavy atom. The van der Waals surface area contributed by atoms with E-state index in [1.807, 2.05) is 19.1 Å². The van der Waals surface area contributed by atoms with Crippen LogP contribution in [0.1, 0.15) is 22.8 Å². The van der Waals surface area contributed by atoms with Crippen LogP contribution in [0, 0.1) is 6.92 Å². The highest BCUT2D eigenvalue weighted by Gasteiger charge is 2.24. The molecule has 5 nitrogen and oxygen atoms in total. The molecule has 1 fully saturated rings. The molecule has 0 atom stereocenters. The van der Waals surface area contributed by atoms with Crippen molar-refractivity contribution in [3.8, 4) is 0 Å². The third kappa shape index (κ3) is 2.99. The zero-order valence-corrected chi connectivity index (χ0v) is 14.1. The van der Waals surface area contributed by atoms with Crippen LogP contribution in [0.2, 0.25) is 5.02 Å². The van der Waals surface area contributed by atoms with Gasteiger partial charge >= 0.3 is 5.97 Å². The Bertz CT molecular complexity index is 742. The molecule has 0 saturated carbocycles. The number of rotatable bonds is 3. The lowest BCUT2D eigenvalue weighted by Crippen LogP contribution is -2.44. The summed E-state index contributed by atoms with van der Waals surface area (Å²) in [7, 11) is 0. The van der Waals surface area contributed by atoms with Gasteiger partial charge in [0.25, 0.3) is 0 Å². The number of piperazine rings is 1. The number of pyridine rings is 1. The predicted octanol–water partition coefficient (Wildman–Crippen LogP) is 2.78. The number of carbonyl (C=O) groups is 1. The summed E-state index contributed by atoms with van der Waals surface area (Å²) in [5, 5.41) is 4.77. The predicted molar refractivity (Wildman–Crippen MR) is 92.5 cm³/mol. The summed E-state index contributed by atoms with van der Waals surface area (Å²) in [4.78, 5) is 19.1.